The molecule has 0 N–H and O–H groups in total. The summed E-state index contributed by atoms with van der Waals surface area (Å²) >= 11 is 0. The number of nitrogens with zero attached hydrogens (tertiary/aromatic N) is 6. The molecule has 120 heavy (non-hydrogen) atoms. The monoisotopic (exact) mass is 1530 g/mol. The smallest absolute Gasteiger partial charge is 0.0635 e. The molecule has 0 fully saturated rings. The van der Waals surface area contributed by atoms with Crippen LogP contribution in [-0.2, 0) is 0 Å². The number of rotatable bonds is 8. The lowest BCUT2D eigenvalue weighted by atomic mass is 9.97. The Morgan fingerprint density at radius 2 is 0.408 bits per heavy atom. The molecule has 6 heterocycles. The largest absolute Gasteiger partial charge is 0.316 e. The van der Waals surface area contributed by atoms with Crippen LogP contribution in [0.25, 0.3) is 219 Å². The molecule has 0 aliphatic carbocycles. The summed E-state index contributed by atoms with van der Waals surface area (Å²) in [6, 6.07) is 156. The van der Waals surface area contributed by atoms with Crippen molar-refractivity contribution in [2.45, 2.75) is 0 Å². The zero-order valence-corrected chi connectivity index (χ0v) is 65.4. The maximum atomic E-state index is 2.41. The van der Waals surface area contributed by atoms with Crippen LogP contribution >= 0.6 is 0 Å². The quantitative estimate of drug-likeness (QED) is 0.136. The van der Waals surface area contributed by atoms with Crippen molar-refractivity contribution in [2.24, 2.45) is 0 Å². The summed E-state index contributed by atoms with van der Waals surface area (Å²) in [5.41, 5.74) is 23.0. The average Bonchev–Trinajstić information content (AvgIpc) is 1.57. The van der Waals surface area contributed by atoms with Crippen molar-refractivity contribution in [3.63, 3.8) is 0 Å². The van der Waals surface area contributed by atoms with Gasteiger partial charge in [-0.25, -0.2) is 0 Å². The Balaban J connectivity index is 0.000000103. The lowest BCUT2D eigenvalue weighted by molar-refractivity contribution is 1.13. The summed E-state index contributed by atoms with van der Waals surface area (Å²) in [5.74, 6) is 0. The molecule has 26 aromatic rings. The van der Waals surface area contributed by atoms with Gasteiger partial charge in [0.05, 0.1) is 49.7 Å². The van der Waals surface area contributed by atoms with Crippen LogP contribution in [0.4, 0.5) is 0 Å². The van der Waals surface area contributed by atoms with Crippen LogP contribution in [0.2, 0.25) is 0 Å². The molecule has 0 aliphatic heterocycles. The molecule has 6 nitrogen and oxygen atoms in total. The van der Waals surface area contributed by atoms with Crippen LogP contribution in [0, 0.1) is 0 Å². The predicted octanol–water partition coefficient (Wildman–Crippen LogP) is 30.4. The summed E-state index contributed by atoms with van der Waals surface area (Å²) in [5, 5.41) is 26.8. The molecule has 0 amide bonds. The van der Waals surface area contributed by atoms with Crippen LogP contribution in [-0.4, -0.2) is 27.4 Å². The molecule has 0 bridgehead atoms. The first kappa shape index (κ1) is 68.4. The molecule has 20 aromatic carbocycles. The first-order valence-corrected chi connectivity index (χ1v) is 41.3. The fourth-order valence-electron chi connectivity index (χ4n) is 19.4. The standard InChI is InChI=1S/2C40H26N2.C34H22N2/c1-2-11-31(12-3-1)42-39-16-7-6-15-35(39)36-21-22-38-37(40(36)42)23-24-41(38)32-13-8-10-28(26-32)29-19-20-34-30(25-29)18-17-27-9-4-5-14-33(27)34;1-2-9-32(10-3-1)42-39-13-7-6-12-35(39)36-22-23-38-37(40(36)42)24-25-41(38)31-19-16-27(17-20-31)29-18-21-34-30(26-29)15-14-28-8-4-5-11-33(28)34;1-2-9-25(10-3-1)36-33-13-7-6-12-29(33)30-18-19-32-31(34(30)36)20-21-35(32)26-16-17-28-24(22-26)15-14-23-8-4-5-11-27(23)28/h2*1-26H;1-22H. The van der Waals surface area contributed by atoms with Crippen LogP contribution in [0.3, 0.4) is 0 Å². The van der Waals surface area contributed by atoms with Crippen molar-refractivity contribution in [1.29, 1.82) is 0 Å². The summed E-state index contributed by atoms with van der Waals surface area (Å²) in [6.45, 7) is 0. The van der Waals surface area contributed by atoms with Gasteiger partial charge in [0.15, 0.2) is 0 Å². The first-order chi connectivity index (χ1) is 59.5. The zero-order chi connectivity index (χ0) is 78.9. The van der Waals surface area contributed by atoms with Gasteiger partial charge in [0, 0.05) is 101 Å². The molecule has 6 heteroatoms. The first-order valence-electron chi connectivity index (χ1n) is 41.3. The third kappa shape index (κ3) is 11.1. The van der Waals surface area contributed by atoms with Crippen molar-refractivity contribution in [3.8, 4) is 56.4 Å². The van der Waals surface area contributed by atoms with Crippen LogP contribution < -0.4 is 0 Å². The molecule has 0 saturated carbocycles. The minimum absolute atomic E-state index is 1.15. The average molecular weight is 1530 g/mol. The fourth-order valence-corrected chi connectivity index (χ4v) is 19.4. The molecule has 26 rings (SSSR count). The van der Waals surface area contributed by atoms with Gasteiger partial charge in [0.2, 0.25) is 0 Å². The highest BCUT2D eigenvalue weighted by Crippen LogP contribution is 2.44. The highest BCUT2D eigenvalue weighted by atomic mass is 15.0. The van der Waals surface area contributed by atoms with E-state index in [0.717, 1.165) is 11.4 Å². The summed E-state index contributed by atoms with van der Waals surface area (Å²) in [4.78, 5) is 0. The van der Waals surface area contributed by atoms with Gasteiger partial charge in [0.25, 0.3) is 0 Å². The van der Waals surface area contributed by atoms with E-state index < -0.39 is 0 Å². The highest BCUT2D eigenvalue weighted by Gasteiger charge is 2.22. The number of hydrogen-bond acceptors (Lipinski definition) is 0. The number of benzene rings is 20. The lowest BCUT2D eigenvalue weighted by Crippen LogP contribution is -1.95. The van der Waals surface area contributed by atoms with Gasteiger partial charge in [-0.2, -0.15) is 0 Å². The second-order valence-electron chi connectivity index (χ2n) is 31.5. The molecule has 0 atom stereocenters. The second kappa shape index (κ2) is 27.9. The van der Waals surface area contributed by atoms with Gasteiger partial charge >= 0.3 is 0 Å². The molecule has 0 spiro atoms. The topological polar surface area (TPSA) is 29.6 Å². The Hall–Kier alpha value is -16.0. The Labute approximate surface area is 691 Å². The van der Waals surface area contributed by atoms with Crippen molar-refractivity contribution < 1.29 is 0 Å². The SMILES string of the molecule is c1ccc(-n2c3ccccc3c3ccc4c(ccn4-c4ccc(-c5ccc6c(ccc7ccccc76)c5)cc4)c32)cc1.c1ccc(-n2c3ccccc3c3ccc4c(ccn4-c4ccc5c(ccc6ccccc65)c4)c32)cc1.c1ccc(-n2c3ccccc3c3ccc4c(ccn4-c4cccc(-c5ccc6c(ccc7ccccc76)c5)c4)c32)cc1. The van der Waals surface area contributed by atoms with Gasteiger partial charge in [-0.3, -0.25) is 0 Å². The maximum absolute atomic E-state index is 2.41. The number of para-hydroxylation sites is 6. The molecule has 0 unspecified atom stereocenters. The van der Waals surface area contributed by atoms with E-state index in [1.54, 1.807) is 0 Å². The van der Waals surface area contributed by atoms with E-state index in [0.29, 0.717) is 0 Å². The molecule has 0 saturated heterocycles. The van der Waals surface area contributed by atoms with Crippen molar-refractivity contribution >= 4 is 163 Å². The van der Waals surface area contributed by atoms with Crippen molar-refractivity contribution in [1.82, 2.24) is 27.4 Å². The summed E-state index contributed by atoms with van der Waals surface area (Å²) in [6.07, 6.45) is 6.62. The van der Waals surface area contributed by atoms with E-state index in [2.05, 4.69) is 477 Å². The third-order valence-corrected chi connectivity index (χ3v) is 25.0. The molecular weight excluding hydrogens is 1450 g/mol. The maximum Gasteiger partial charge on any atom is 0.0635 e. The van der Waals surface area contributed by atoms with Gasteiger partial charge in [-0.1, -0.05) is 291 Å². The van der Waals surface area contributed by atoms with E-state index in [4.69, 9.17) is 0 Å². The van der Waals surface area contributed by atoms with E-state index in [1.165, 1.54) is 208 Å². The van der Waals surface area contributed by atoms with Crippen molar-refractivity contribution in [3.05, 3.63) is 449 Å². The van der Waals surface area contributed by atoms with Gasteiger partial charge < -0.3 is 27.4 Å². The molecule has 560 valence electrons. The zero-order valence-electron chi connectivity index (χ0n) is 65.4. The molecule has 6 aromatic heterocycles. The number of hydrogen-bond donors (Lipinski definition) is 0. The Bertz CT molecular complexity index is 8590. The Kier molecular flexibility index (Phi) is 15.9. The molecule has 0 radical (unpaired) electrons. The molecular formula is C114H74N6. The minimum Gasteiger partial charge on any atom is -0.316 e. The van der Waals surface area contributed by atoms with Crippen LogP contribution in [0.15, 0.2) is 449 Å². The van der Waals surface area contributed by atoms with Crippen LogP contribution in [0.1, 0.15) is 0 Å². The normalized spacial score (nSPS) is 11.8. The van der Waals surface area contributed by atoms with E-state index in [1.807, 2.05) is 0 Å². The summed E-state index contributed by atoms with van der Waals surface area (Å²) < 4.78 is 14.2. The van der Waals surface area contributed by atoms with E-state index in [9.17, 15) is 0 Å². The van der Waals surface area contributed by atoms with Gasteiger partial charge in [0.1, 0.15) is 0 Å². The predicted molar refractivity (Wildman–Crippen MR) is 509 cm³/mol. The Morgan fingerprint density at radius 3 is 0.825 bits per heavy atom. The van der Waals surface area contributed by atoms with E-state index in [-0.39, 0.29) is 0 Å². The fraction of sp³-hybridized carbons (Fsp3) is 0. The Morgan fingerprint density at radius 1 is 0.125 bits per heavy atom. The number of fused-ring (bicyclic) bond motifs is 24. The van der Waals surface area contributed by atoms with E-state index >= 15 is 0 Å². The second-order valence-corrected chi connectivity index (χ2v) is 31.5. The lowest BCUT2D eigenvalue weighted by Gasteiger charge is -2.11. The summed E-state index contributed by atoms with van der Waals surface area (Å²) in [7, 11) is 0. The van der Waals surface area contributed by atoms with Crippen molar-refractivity contribution in [2.75, 3.05) is 0 Å². The van der Waals surface area contributed by atoms with Crippen LogP contribution in [0.5, 0.6) is 0 Å². The number of aromatic nitrogens is 6. The van der Waals surface area contributed by atoms with Gasteiger partial charge in [-0.05, 0) is 226 Å². The molecule has 0 aliphatic rings. The third-order valence-electron chi connectivity index (χ3n) is 25.0. The van der Waals surface area contributed by atoms with Gasteiger partial charge in [-0.15, -0.1) is 0 Å². The minimum atomic E-state index is 1.15. The highest BCUT2D eigenvalue weighted by molar-refractivity contribution is 6.22.